The smallest absolute Gasteiger partial charge is 0.381 e. The molecule has 1 atom stereocenters. The van der Waals surface area contributed by atoms with Crippen molar-refractivity contribution in [3.05, 3.63) is 35.4 Å². The third-order valence-electron chi connectivity index (χ3n) is 5.00. The van der Waals surface area contributed by atoms with Crippen LogP contribution in [0.3, 0.4) is 0 Å². The first kappa shape index (κ1) is 17.7. The molecule has 0 unspecified atom stereocenters. The van der Waals surface area contributed by atoms with Gasteiger partial charge in [0.15, 0.2) is 0 Å². The van der Waals surface area contributed by atoms with Crippen LogP contribution in [0.5, 0.6) is 0 Å². The highest BCUT2D eigenvalue weighted by Gasteiger charge is 2.38. The molecule has 134 valence electrons. The summed E-state index contributed by atoms with van der Waals surface area (Å²) in [5, 5.41) is 3.50. The van der Waals surface area contributed by atoms with Gasteiger partial charge in [0.1, 0.15) is 0 Å². The van der Waals surface area contributed by atoms with Gasteiger partial charge in [-0.3, -0.25) is 0 Å². The van der Waals surface area contributed by atoms with Crippen LogP contribution in [0.2, 0.25) is 0 Å². The molecule has 0 aromatic heterocycles. The third kappa shape index (κ3) is 4.49. The van der Waals surface area contributed by atoms with Crippen LogP contribution in [0.15, 0.2) is 24.3 Å². The zero-order valence-corrected chi connectivity index (χ0v) is 13.7. The molecule has 0 saturated carbocycles. The SMILES string of the molecule is FC(F)(F)c1cccc(CCN[C@H]2CCOC3(CCOCC3)C2)c1. The second-order valence-corrected chi connectivity index (χ2v) is 6.74. The number of benzene rings is 1. The second kappa shape index (κ2) is 7.42. The van der Waals surface area contributed by atoms with E-state index in [1.54, 1.807) is 6.07 Å². The van der Waals surface area contributed by atoms with Gasteiger partial charge >= 0.3 is 6.18 Å². The van der Waals surface area contributed by atoms with Crippen LogP contribution >= 0.6 is 0 Å². The summed E-state index contributed by atoms with van der Waals surface area (Å²) in [7, 11) is 0. The van der Waals surface area contributed by atoms with Crippen molar-refractivity contribution < 1.29 is 22.6 Å². The Balaban J connectivity index is 1.49. The lowest BCUT2D eigenvalue weighted by molar-refractivity contribution is -0.140. The van der Waals surface area contributed by atoms with E-state index in [4.69, 9.17) is 9.47 Å². The van der Waals surface area contributed by atoms with E-state index in [1.165, 1.54) is 12.1 Å². The maximum absolute atomic E-state index is 12.7. The maximum Gasteiger partial charge on any atom is 0.416 e. The topological polar surface area (TPSA) is 30.5 Å². The van der Waals surface area contributed by atoms with Crippen LogP contribution in [-0.4, -0.2) is 38.0 Å². The number of ether oxygens (including phenoxy) is 2. The third-order valence-corrected chi connectivity index (χ3v) is 5.00. The molecule has 2 fully saturated rings. The van der Waals surface area contributed by atoms with Crippen molar-refractivity contribution in [2.75, 3.05) is 26.4 Å². The molecule has 0 amide bonds. The van der Waals surface area contributed by atoms with Crippen LogP contribution in [0, 0.1) is 0 Å². The van der Waals surface area contributed by atoms with E-state index in [9.17, 15) is 13.2 Å². The number of nitrogens with one attached hydrogen (secondary N) is 1. The molecule has 1 N–H and O–H groups in total. The van der Waals surface area contributed by atoms with Crippen LogP contribution in [-0.2, 0) is 22.1 Å². The van der Waals surface area contributed by atoms with E-state index in [-0.39, 0.29) is 5.60 Å². The van der Waals surface area contributed by atoms with Crippen molar-refractivity contribution in [3.63, 3.8) is 0 Å². The van der Waals surface area contributed by atoms with Crippen molar-refractivity contribution in [2.45, 2.75) is 49.9 Å². The highest BCUT2D eigenvalue weighted by molar-refractivity contribution is 5.25. The fraction of sp³-hybridized carbons (Fsp3) is 0.667. The highest BCUT2D eigenvalue weighted by Crippen LogP contribution is 2.34. The van der Waals surface area contributed by atoms with Gasteiger partial charge in [-0.25, -0.2) is 0 Å². The van der Waals surface area contributed by atoms with E-state index in [0.717, 1.165) is 51.6 Å². The monoisotopic (exact) mass is 343 g/mol. The minimum absolute atomic E-state index is 0.0651. The van der Waals surface area contributed by atoms with Crippen LogP contribution in [0.1, 0.15) is 36.8 Å². The zero-order chi connectivity index (χ0) is 17.0. The molecule has 2 heterocycles. The van der Waals surface area contributed by atoms with E-state index >= 15 is 0 Å². The average molecular weight is 343 g/mol. The molecule has 1 aromatic carbocycles. The van der Waals surface area contributed by atoms with Gasteiger partial charge in [0, 0.05) is 25.9 Å². The average Bonchev–Trinajstić information content (AvgIpc) is 2.55. The van der Waals surface area contributed by atoms with Crippen molar-refractivity contribution in [1.29, 1.82) is 0 Å². The molecule has 0 aliphatic carbocycles. The Labute approximate surface area is 140 Å². The highest BCUT2D eigenvalue weighted by atomic mass is 19.4. The summed E-state index contributed by atoms with van der Waals surface area (Å²) in [4.78, 5) is 0. The van der Waals surface area contributed by atoms with Gasteiger partial charge in [0.2, 0.25) is 0 Å². The number of alkyl halides is 3. The minimum atomic E-state index is -4.28. The lowest BCUT2D eigenvalue weighted by atomic mass is 9.84. The molecule has 6 heteroatoms. The van der Waals surface area contributed by atoms with Gasteiger partial charge in [-0.1, -0.05) is 18.2 Å². The molecule has 2 saturated heterocycles. The molecule has 1 spiro atoms. The van der Waals surface area contributed by atoms with Crippen LogP contribution < -0.4 is 5.32 Å². The Morgan fingerprint density at radius 3 is 2.71 bits per heavy atom. The lowest BCUT2D eigenvalue weighted by Gasteiger charge is -2.43. The number of rotatable bonds is 4. The van der Waals surface area contributed by atoms with Gasteiger partial charge in [0.25, 0.3) is 0 Å². The summed E-state index contributed by atoms with van der Waals surface area (Å²) in [6.07, 6.45) is 0.0821. The Kier molecular flexibility index (Phi) is 5.47. The van der Waals surface area contributed by atoms with E-state index < -0.39 is 11.7 Å². The second-order valence-electron chi connectivity index (χ2n) is 6.74. The van der Waals surface area contributed by atoms with Crippen molar-refractivity contribution in [1.82, 2.24) is 5.32 Å². The predicted molar refractivity (Wildman–Crippen MR) is 84.9 cm³/mol. The van der Waals surface area contributed by atoms with Crippen LogP contribution in [0.4, 0.5) is 13.2 Å². The van der Waals surface area contributed by atoms with Gasteiger partial charge in [-0.05, 0) is 50.3 Å². The van der Waals surface area contributed by atoms with E-state index in [0.29, 0.717) is 24.6 Å². The summed E-state index contributed by atoms with van der Waals surface area (Å²) < 4.78 is 49.7. The zero-order valence-electron chi connectivity index (χ0n) is 13.7. The lowest BCUT2D eigenvalue weighted by Crippen LogP contribution is -2.50. The van der Waals surface area contributed by atoms with Gasteiger partial charge in [-0.15, -0.1) is 0 Å². The fourth-order valence-electron chi connectivity index (χ4n) is 3.62. The largest absolute Gasteiger partial charge is 0.416 e. The Morgan fingerprint density at radius 1 is 1.17 bits per heavy atom. The van der Waals surface area contributed by atoms with Crippen molar-refractivity contribution in [3.8, 4) is 0 Å². The van der Waals surface area contributed by atoms with Crippen molar-refractivity contribution >= 4 is 0 Å². The normalized spacial score (nSPS) is 24.2. The molecule has 0 radical (unpaired) electrons. The first-order valence-corrected chi connectivity index (χ1v) is 8.58. The van der Waals surface area contributed by atoms with Gasteiger partial charge in [-0.2, -0.15) is 13.2 Å². The summed E-state index contributed by atoms with van der Waals surface area (Å²) in [5.74, 6) is 0. The summed E-state index contributed by atoms with van der Waals surface area (Å²) in [5.41, 5.74) is 0.0714. The minimum Gasteiger partial charge on any atom is -0.381 e. The molecular formula is C18H24F3NO2. The fourth-order valence-corrected chi connectivity index (χ4v) is 3.62. The molecule has 24 heavy (non-hydrogen) atoms. The first-order valence-electron chi connectivity index (χ1n) is 8.58. The molecule has 0 bridgehead atoms. The molecule has 2 aliphatic rings. The number of halogens is 3. The Morgan fingerprint density at radius 2 is 1.96 bits per heavy atom. The molecule has 1 aromatic rings. The van der Waals surface area contributed by atoms with E-state index in [1.807, 2.05) is 0 Å². The van der Waals surface area contributed by atoms with Gasteiger partial charge < -0.3 is 14.8 Å². The summed E-state index contributed by atoms with van der Waals surface area (Å²) in [6.45, 7) is 2.91. The molecular weight excluding hydrogens is 319 g/mol. The number of hydrogen-bond acceptors (Lipinski definition) is 3. The Bertz CT molecular complexity index is 536. The Hall–Kier alpha value is -1.11. The van der Waals surface area contributed by atoms with Crippen molar-refractivity contribution in [2.24, 2.45) is 0 Å². The van der Waals surface area contributed by atoms with Crippen LogP contribution in [0.25, 0.3) is 0 Å². The van der Waals surface area contributed by atoms with E-state index in [2.05, 4.69) is 5.32 Å². The molecule has 3 nitrogen and oxygen atoms in total. The quantitative estimate of drug-likeness (QED) is 0.907. The first-order chi connectivity index (χ1) is 11.5. The summed E-state index contributed by atoms with van der Waals surface area (Å²) in [6, 6.07) is 5.95. The molecule has 2 aliphatic heterocycles. The predicted octanol–water partition coefficient (Wildman–Crippen LogP) is 3.57. The molecule has 3 rings (SSSR count). The maximum atomic E-state index is 12.7. The van der Waals surface area contributed by atoms with Gasteiger partial charge in [0.05, 0.1) is 11.2 Å². The summed E-state index contributed by atoms with van der Waals surface area (Å²) >= 11 is 0. The standard InChI is InChI=1S/C18H24F3NO2/c19-18(20,21)15-3-1-2-14(12-15)4-8-22-16-5-9-24-17(13-16)6-10-23-11-7-17/h1-3,12,16,22H,4-11,13H2/t16-/m0/s1. The number of hydrogen-bond donors (Lipinski definition) is 1.